The van der Waals surface area contributed by atoms with Crippen LogP contribution >= 0.6 is 11.3 Å². The van der Waals surface area contributed by atoms with Gasteiger partial charge in [0.15, 0.2) is 0 Å². The Labute approximate surface area is 283 Å². The minimum absolute atomic E-state index is 0.884. The largest absolute Gasteiger partial charge is 0.455 e. The summed E-state index contributed by atoms with van der Waals surface area (Å²) in [5.74, 6) is 0. The van der Waals surface area contributed by atoms with Crippen LogP contribution in [0.5, 0.6) is 0 Å². The van der Waals surface area contributed by atoms with Crippen LogP contribution in [0.1, 0.15) is 0 Å². The van der Waals surface area contributed by atoms with Gasteiger partial charge in [-0.25, -0.2) is 4.98 Å². The first-order chi connectivity index (χ1) is 24.3. The summed E-state index contributed by atoms with van der Waals surface area (Å²) >= 11 is 1.74. The molecule has 8 aromatic carbocycles. The lowest BCUT2D eigenvalue weighted by Crippen LogP contribution is -1.94. The number of nitrogens with zero attached hydrogens (tertiary/aromatic N) is 2. The zero-order chi connectivity index (χ0) is 31.8. The van der Waals surface area contributed by atoms with Gasteiger partial charge in [-0.1, -0.05) is 97.1 Å². The molecule has 1 aliphatic carbocycles. The number of furan rings is 1. The first-order valence-electron chi connectivity index (χ1n) is 16.6. The van der Waals surface area contributed by atoms with Crippen LogP contribution in [0.3, 0.4) is 0 Å². The van der Waals surface area contributed by atoms with Gasteiger partial charge in [0, 0.05) is 38.2 Å². The Morgan fingerprint density at radius 2 is 1.22 bits per heavy atom. The molecule has 0 atom stereocenters. The predicted octanol–water partition coefficient (Wildman–Crippen LogP) is 12.9. The maximum Gasteiger partial charge on any atom is 0.143 e. The Morgan fingerprint density at radius 1 is 0.490 bits per heavy atom. The van der Waals surface area contributed by atoms with Gasteiger partial charge in [0.2, 0.25) is 0 Å². The van der Waals surface area contributed by atoms with Gasteiger partial charge in [-0.2, -0.15) is 0 Å². The van der Waals surface area contributed by atoms with Gasteiger partial charge < -0.3 is 8.98 Å². The summed E-state index contributed by atoms with van der Waals surface area (Å²) in [5, 5.41) is 10.7. The lowest BCUT2D eigenvalue weighted by molar-refractivity contribution is 0.672. The summed E-state index contributed by atoms with van der Waals surface area (Å²) in [5.41, 5.74) is 12.6. The van der Waals surface area contributed by atoms with E-state index < -0.39 is 0 Å². The Bertz CT molecular complexity index is 3200. The third-order valence-electron chi connectivity index (χ3n) is 10.5. The fraction of sp³-hybridized carbons (Fsp3) is 0. The fourth-order valence-corrected chi connectivity index (χ4v) is 9.49. The summed E-state index contributed by atoms with van der Waals surface area (Å²) in [6, 6.07) is 52.8. The second kappa shape index (κ2) is 9.22. The summed E-state index contributed by atoms with van der Waals surface area (Å²) in [6.45, 7) is 0. The smallest absolute Gasteiger partial charge is 0.143 e. The third kappa shape index (κ3) is 3.33. The second-order valence-electron chi connectivity index (χ2n) is 13.1. The highest BCUT2D eigenvalue weighted by molar-refractivity contribution is 7.21. The molecule has 0 fully saturated rings. The van der Waals surface area contributed by atoms with Crippen molar-refractivity contribution in [3.63, 3.8) is 0 Å². The number of para-hydroxylation sites is 1. The van der Waals surface area contributed by atoms with Gasteiger partial charge in [0.05, 0.1) is 21.3 Å². The van der Waals surface area contributed by atoms with Gasteiger partial charge in [0.25, 0.3) is 0 Å². The number of hydrogen-bond donors (Lipinski definition) is 0. The molecule has 0 saturated carbocycles. The molecular formula is C45H24N2OS. The molecule has 49 heavy (non-hydrogen) atoms. The number of hydrogen-bond acceptors (Lipinski definition) is 3. The Morgan fingerprint density at radius 3 is 2.10 bits per heavy atom. The van der Waals surface area contributed by atoms with Gasteiger partial charge in [0.1, 0.15) is 16.2 Å². The third-order valence-corrected chi connectivity index (χ3v) is 11.6. The monoisotopic (exact) mass is 640 g/mol. The Balaban J connectivity index is 1.18. The summed E-state index contributed by atoms with van der Waals surface area (Å²) in [7, 11) is 0. The summed E-state index contributed by atoms with van der Waals surface area (Å²) in [4.78, 5) is 5.08. The summed E-state index contributed by atoms with van der Waals surface area (Å²) < 4.78 is 10.3. The van der Waals surface area contributed by atoms with Crippen LogP contribution in [0.25, 0.3) is 114 Å². The van der Waals surface area contributed by atoms with E-state index in [0.717, 1.165) is 54.5 Å². The van der Waals surface area contributed by atoms with Gasteiger partial charge in [-0.15, -0.1) is 11.3 Å². The molecule has 0 aliphatic heterocycles. The number of fused-ring (bicyclic) bond motifs is 9. The Hall–Kier alpha value is -6.23. The molecule has 3 heterocycles. The van der Waals surface area contributed by atoms with E-state index in [1.165, 1.54) is 59.5 Å². The minimum atomic E-state index is 0.884. The number of aromatic nitrogens is 2. The molecule has 0 spiro atoms. The molecule has 0 radical (unpaired) electrons. The average Bonchev–Trinajstić information content (AvgIpc) is 3.83. The van der Waals surface area contributed by atoms with Crippen molar-refractivity contribution in [2.24, 2.45) is 0 Å². The molecule has 0 unspecified atom stereocenters. The van der Waals surface area contributed by atoms with Crippen LogP contribution in [0.15, 0.2) is 150 Å². The molecule has 4 heteroatoms. The molecule has 0 saturated heterocycles. The zero-order valence-electron chi connectivity index (χ0n) is 26.1. The van der Waals surface area contributed by atoms with Crippen LogP contribution in [0.2, 0.25) is 0 Å². The van der Waals surface area contributed by atoms with Crippen LogP contribution < -0.4 is 0 Å². The van der Waals surface area contributed by atoms with Crippen molar-refractivity contribution in [2.75, 3.05) is 0 Å². The Kier molecular flexibility index (Phi) is 4.86. The lowest BCUT2D eigenvalue weighted by Gasteiger charge is -2.13. The van der Waals surface area contributed by atoms with Crippen LogP contribution in [0, 0.1) is 0 Å². The van der Waals surface area contributed by atoms with E-state index >= 15 is 0 Å². The van der Waals surface area contributed by atoms with E-state index in [9.17, 15) is 0 Å². The predicted molar refractivity (Wildman–Crippen MR) is 206 cm³/mol. The van der Waals surface area contributed by atoms with E-state index in [2.05, 4.69) is 150 Å². The van der Waals surface area contributed by atoms with Crippen LogP contribution in [-0.4, -0.2) is 9.55 Å². The first-order valence-corrected chi connectivity index (χ1v) is 17.4. The average molecular weight is 641 g/mol. The van der Waals surface area contributed by atoms with E-state index in [0.29, 0.717) is 0 Å². The molecule has 11 aromatic rings. The highest BCUT2D eigenvalue weighted by Crippen LogP contribution is 2.50. The standard InChI is InChI=1S/C45H24N2OS/c1-2-11-28-27(10-1)30-14-7-9-25-19-21-38-43(41(25)30)42-31(28)15-8-17-37(42)47(38)26-20-22-39-33(23-26)34-24-35(29-12-3-4-13-32(29)44(34)48-39)45-46-36-16-5-6-18-40(36)49-45/h1-24H. The fourth-order valence-electron chi connectivity index (χ4n) is 8.50. The molecule has 3 nitrogen and oxygen atoms in total. The topological polar surface area (TPSA) is 31.0 Å². The second-order valence-corrected chi connectivity index (χ2v) is 14.1. The lowest BCUT2D eigenvalue weighted by atomic mass is 9.93. The molecule has 1 aliphatic rings. The molecular weight excluding hydrogens is 617 g/mol. The van der Waals surface area contributed by atoms with Crippen molar-refractivity contribution in [3.05, 3.63) is 146 Å². The van der Waals surface area contributed by atoms with Crippen LogP contribution in [0.4, 0.5) is 0 Å². The highest BCUT2D eigenvalue weighted by Gasteiger charge is 2.25. The molecule has 0 amide bonds. The maximum absolute atomic E-state index is 6.68. The van der Waals surface area contributed by atoms with E-state index in [1.54, 1.807) is 11.3 Å². The molecule has 3 aromatic heterocycles. The van der Waals surface area contributed by atoms with Gasteiger partial charge in [-0.3, -0.25) is 0 Å². The summed E-state index contributed by atoms with van der Waals surface area (Å²) in [6.07, 6.45) is 0. The molecule has 0 N–H and O–H groups in total. The van der Waals surface area contributed by atoms with Crippen molar-refractivity contribution in [1.82, 2.24) is 9.55 Å². The normalized spacial score (nSPS) is 12.5. The van der Waals surface area contributed by atoms with E-state index in [1.807, 2.05) is 0 Å². The van der Waals surface area contributed by atoms with Crippen molar-refractivity contribution in [3.8, 4) is 38.5 Å². The quantitative estimate of drug-likeness (QED) is 0.188. The number of thiazole rings is 1. The van der Waals surface area contributed by atoms with Crippen molar-refractivity contribution in [2.45, 2.75) is 0 Å². The number of rotatable bonds is 2. The number of benzene rings is 8. The highest BCUT2D eigenvalue weighted by atomic mass is 32.1. The zero-order valence-corrected chi connectivity index (χ0v) is 26.9. The van der Waals surface area contributed by atoms with E-state index in [-0.39, 0.29) is 0 Å². The van der Waals surface area contributed by atoms with E-state index in [4.69, 9.17) is 9.40 Å². The molecule has 12 rings (SSSR count). The van der Waals surface area contributed by atoms with Gasteiger partial charge in [-0.05, 0) is 86.9 Å². The van der Waals surface area contributed by atoms with Gasteiger partial charge >= 0.3 is 0 Å². The maximum atomic E-state index is 6.68. The minimum Gasteiger partial charge on any atom is -0.455 e. The van der Waals surface area contributed by atoms with Crippen molar-refractivity contribution >= 4 is 86.8 Å². The SMILES string of the molecule is c1ccc2c(c1)-c1cccc3ccc4c(c13)c1c-2cccc1n4-c1ccc2oc3c4ccccc4c(-c4nc5ccccc5s4)cc3c2c1. The van der Waals surface area contributed by atoms with Crippen molar-refractivity contribution in [1.29, 1.82) is 0 Å². The van der Waals surface area contributed by atoms with Crippen molar-refractivity contribution < 1.29 is 4.42 Å². The molecule has 0 bridgehead atoms. The first kappa shape index (κ1) is 25.8. The molecule has 226 valence electrons. The van der Waals surface area contributed by atoms with Crippen LogP contribution in [-0.2, 0) is 0 Å².